The van der Waals surface area contributed by atoms with E-state index in [-0.39, 0.29) is 18.2 Å². The van der Waals surface area contributed by atoms with Gasteiger partial charge >= 0.3 is 5.97 Å². The maximum absolute atomic E-state index is 10.5. The molecule has 0 N–H and O–H groups in total. The lowest BCUT2D eigenvalue weighted by Crippen LogP contribution is -2.06. The number of halogens is 1. The van der Waals surface area contributed by atoms with Crippen molar-refractivity contribution in [2.24, 2.45) is 4.99 Å². The molecule has 0 amide bonds. The first-order chi connectivity index (χ1) is 5.18. The van der Waals surface area contributed by atoms with Crippen molar-refractivity contribution < 1.29 is 14.3 Å². The molecule has 0 fully saturated rings. The maximum atomic E-state index is 10.5. The van der Waals surface area contributed by atoms with E-state index in [0.29, 0.717) is 0 Å². The Hall–Kier alpha value is -1.12. The molecule has 0 heterocycles. The molecule has 0 atom stereocenters. The van der Waals surface area contributed by atoms with E-state index in [1.165, 1.54) is 6.08 Å². The molecule has 0 aliphatic rings. The minimum Gasteiger partial charge on any atom is -0.459 e. The largest absolute Gasteiger partial charge is 0.459 e. The first-order valence-electron chi connectivity index (χ1n) is 2.73. The third kappa shape index (κ3) is 5.33. The predicted molar refractivity (Wildman–Crippen MR) is 38.9 cm³/mol. The number of esters is 1. The van der Waals surface area contributed by atoms with E-state index in [1.54, 1.807) is 0 Å². The van der Waals surface area contributed by atoms with E-state index < -0.39 is 5.97 Å². The molecule has 0 aromatic heterocycles. The molecule has 11 heavy (non-hydrogen) atoms. The number of nitrogens with zero attached hydrogens (tertiary/aromatic N) is 1. The zero-order valence-corrected chi connectivity index (χ0v) is 6.43. The Kier molecular flexibility index (Phi) is 5.07. The summed E-state index contributed by atoms with van der Waals surface area (Å²) in [4.78, 5) is 23.2. The number of ether oxygens (including phenoxy) is 1. The first-order valence-corrected chi connectivity index (χ1v) is 3.11. The topological polar surface area (TPSA) is 55.7 Å². The number of carbonyl (C=O) groups excluding carboxylic acids is 2. The van der Waals surface area contributed by atoms with Gasteiger partial charge in [0.25, 0.3) is 0 Å². The number of isocyanates is 1. The zero-order chi connectivity index (χ0) is 8.69. The molecule has 0 aliphatic carbocycles. The van der Waals surface area contributed by atoms with Gasteiger partial charge in [0.1, 0.15) is 11.6 Å². The van der Waals surface area contributed by atoms with Crippen LogP contribution in [0.5, 0.6) is 0 Å². The Morgan fingerprint density at radius 2 is 2.36 bits per heavy atom. The number of rotatable bonds is 4. The molecule has 0 aromatic carbocycles. The number of hydrogen-bond donors (Lipinski definition) is 0. The van der Waals surface area contributed by atoms with Gasteiger partial charge in [-0.1, -0.05) is 18.2 Å². The molecule has 0 bridgehead atoms. The molecular formula is C6H6ClNO3. The van der Waals surface area contributed by atoms with Gasteiger partial charge in [0.05, 0.1) is 6.54 Å². The average Bonchev–Trinajstić information content (AvgIpc) is 1.97. The zero-order valence-electron chi connectivity index (χ0n) is 5.67. The summed E-state index contributed by atoms with van der Waals surface area (Å²) >= 11 is 5.16. The van der Waals surface area contributed by atoms with Crippen molar-refractivity contribution in [3.8, 4) is 0 Å². The van der Waals surface area contributed by atoms with Crippen molar-refractivity contribution in [2.75, 3.05) is 13.2 Å². The standard InChI is InChI=1S/C6H6ClNO3/c1-5(7)6(10)11-3-2-8-4-9/h1-3H2. The van der Waals surface area contributed by atoms with Gasteiger partial charge in [-0.05, 0) is 0 Å². The van der Waals surface area contributed by atoms with Crippen molar-refractivity contribution in [3.05, 3.63) is 11.6 Å². The highest BCUT2D eigenvalue weighted by Gasteiger charge is 2.02. The summed E-state index contributed by atoms with van der Waals surface area (Å²) < 4.78 is 4.46. The maximum Gasteiger partial charge on any atom is 0.349 e. The Bertz CT molecular complexity index is 208. The lowest BCUT2D eigenvalue weighted by molar-refractivity contribution is -0.137. The van der Waals surface area contributed by atoms with Crippen LogP contribution in [-0.2, 0) is 14.3 Å². The van der Waals surface area contributed by atoms with Crippen LogP contribution in [0.3, 0.4) is 0 Å². The minimum atomic E-state index is -0.701. The van der Waals surface area contributed by atoms with Crippen LogP contribution < -0.4 is 0 Å². The molecule has 0 radical (unpaired) electrons. The lowest BCUT2D eigenvalue weighted by atomic mass is 10.6. The molecule has 0 rings (SSSR count). The van der Waals surface area contributed by atoms with Crippen LogP contribution in [0.1, 0.15) is 0 Å². The Labute approximate surface area is 68.5 Å². The van der Waals surface area contributed by atoms with Crippen LogP contribution in [0, 0.1) is 0 Å². The molecule has 0 spiro atoms. The quantitative estimate of drug-likeness (QED) is 0.207. The molecule has 0 unspecified atom stereocenters. The second-order valence-electron chi connectivity index (χ2n) is 1.51. The fraction of sp³-hybridized carbons (Fsp3) is 0.333. The van der Waals surface area contributed by atoms with E-state index in [0.717, 1.165) is 0 Å². The summed E-state index contributed by atoms with van der Waals surface area (Å²) in [6.45, 7) is 3.25. The summed E-state index contributed by atoms with van der Waals surface area (Å²) in [6.07, 6.45) is 1.30. The Balaban J connectivity index is 3.47. The van der Waals surface area contributed by atoms with Gasteiger partial charge < -0.3 is 4.74 Å². The van der Waals surface area contributed by atoms with Crippen molar-refractivity contribution in [1.82, 2.24) is 0 Å². The molecule has 0 saturated carbocycles. The van der Waals surface area contributed by atoms with Crippen LogP contribution in [0.15, 0.2) is 16.6 Å². The van der Waals surface area contributed by atoms with Gasteiger partial charge in [-0.15, -0.1) is 0 Å². The smallest absolute Gasteiger partial charge is 0.349 e. The summed E-state index contributed by atoms with van der Waals surface area (Å²) in [7, 11) is 0. The van der Waals surface area contributed by atoms with E-state index >= 15 is 0 Å². The minimum absolute atomic E-state index is 0.0137. The fourth-order valence-corrected chi connectivity index (χ4v) is 0.362. The third-order valence-electron chi connectivity index (χ3n) is 0.722. The third-order valence-corrected chi connectivity index (χ3v) is 0.877. The fourth-order valence-electron chi connectivity index (χ4n) is 0.308. The normalized spacial score (nSPS) is 8.09. The molecule has 0 saturated heterocycles. The Morgan fingerprint density at radius 3 is 2.82 bits per heavy atom. The van der Waals surface area contributed by atoms with Gasteiger partial charge in [-0.3, -0.25) is 0 Å². The molecule has 5 heteroatoms. The van der Waals surface area contributed by atoms with Gasteiger partial charge in [0.2, 0.25) is 6.08 Å². The molecule has 0 aromatic rings. The van der Waals surface area contributed by atoms with Gasteiger partial charge in [0, 0.05) is 0 Å². The number of carbonyl (C=O) groups is 1. The van der Waals surface area contributed by atoms with Crippen molar-refractivity contribution in [1.29, 1.82) is 0 Å². The monoisotopic (exact) mass is 175 g/mol. The summed E-state index contributed by atoms with van der Waals surface area (Å²) in [5.41, 5.74) is 0. The highest BCUT2D eigenvalue weighted by molar-refractivity contribution is 6.40. The summed E-state index contributed by atoms with van der Waals surface area (Å²) in [6, 6.07) is 0. The summed E-state index contributed by atoms with van der Waals surface area (Å²) in [5, 5.41) is -0.194. The average molecular weight is 176 g/mol. The van der Waals surface area contributed by atoms with Crippen LogP contribution in [-0.4, -0.2) is 25.2 Å². The predicted octanol–water partition coefficient (Wildman–Crippen LogP) is 0.618. The number of aliphatic imine (C=N–C) groups is 1. The van der Waals surface area contributed by atoms with Crippen molar-refractivity contribution in [3.63, 3.8) is 0 Å². The van der Waals surface area contributed by atoms with Crippen LogP contribution in [0.25, 0.3) is 0 Å². The van der Waals surface area contributed by atoms with E-state index in [4.69, 9.17) is 11.6 Å². The second kappa shape index (κ2) is 5.65. The lowest BCUT2D eigenvalue weighted by Gasteiger charge is -1.97. The number of hydrogen-bond acceptors (Lipinski definition) is 4. The molecule has 60 valence electrons. The highest BCUT2D eigenvalue weighted by Crippen LogP contribution is 1.98. The van der Waals surface area contributed by atoms with E-state index in [2.05, 4.69) is 16.3 Å². The van der Waals surface area contributed by atoms with Gasteiger partial charge in [0.15, 0.2) is 0 Å². The van der Waals surface area contributed by atoms with Crippen LogP contribution in [0.4, 0.5) is 0 Å². The first kappa shape index (κ1) is 9.88. The Morgan fingerprint density at radius 1 is 1.73 bits per heavy atom. The van der Waals surface area contributed by atoms with E-state index in [1.807, 2.05) is 0 Å². The van der Waals surface area contributed by atoms with Gasteiger partial charge in [-0.25, -0.2) is 14.6 Å². The summed E-state index contributed by atoms with van der Waals surface area (Å²) in [5.74, 6) is -0.701. The van der Waals surface area contributed by atoms with Crippen molar-refractivity contribution in [2.45, 2.75) is 0 Å². The van der Waals surface area contributed by atoms with Crippen LogP contribution >= 0.6 is 11.6 Å². The second-order valence-corrected chi connectivity index (χ2v) is 1.97. The van der Waals surface area contributed by atoms with E-state index in [9.17, 15) is 9.59 Å². The van der Waals surface area contributed by atoms with Gasteiger partial charge in [-0.2, -0.15) is 0 Å². The van der Waals surface area contributed by atoms with Crippen LogP contribution in [0.2, 0.25) is 0 Å². The SMILES string of the molecule is C=C(Cl)C(=O)OCCN=C=O. The molecule has 4 nitrogen and oxygen atoms in total. The van der Waals surface area contributed by atoms with Crippen molar-refractivity contribution >= 4 is 23.7 Å². The molecule has 0 aliphatic heterocycles. The highest BCUT2D eigenvalue weighted by atomic mass is 35.5. The molecular weight excluding hydrogens is 170 g/mol.